The van der Waals surface area contributed by atoms with Gasteiger partial charge in [-0.05, 0) is 24.1 Å². The van der Waals surface area contributed by atoms with E-state index in [2.05, 4.69) is 10.3 Å². The van der Waals surface area contributed by atoms with Gasteiger partial charge in [0.2, 0.25) is 0 Å². The number of carbonyl (C=O) groups is 1. The number of hydrogen-bond donors (Lipinski definition) is 3. The zero-order valence-corrected chi connectivity index (χ0v) is 11.2. The van der Waals surface area contributed by atoms with Crippen LogP contribution in [0.25, 0.3) is 0 Å². The lowest BCUT2D eigenvalue weighted by Gasteiger charge is -2.15. The van der Waals surface area contributed by atoms with Crippen LogP contribution in [0.5, 0.6) is 5.75 Å². The Labute approximate surface area is 117 Å². The highest BCUT2D eigenvalue weighted by molar-refractivity contribution is 5.96. The summed E-state index contributed by atoms with van der Waals surface area (Å²) in [5.41, 5.74) is 7.78. The molecule has 1 unspecified atom stereocenters. The number of benzene rings is 1. The van der Waals surface area contributed by atoms with Gasteiger partial charge in [-0.15, -0.1) is 0 Å². The SMILES string of the molecule is CC(NC(=O)c1ccncc1O)c1ccc(CN)cc1. The van der Waals surface area contributed by atoms with E-state index in [0.717, 1.165) is 11.1 Å². The second-order valence-electron chi connectivity index (χ2n) is 4.53. The fraction of sp³-hybridized carbons (Fsp3) is 0.200. The summed E-state index contributed by atoms with van der Waals surface area (Å²) in [6, 6.07) is 9.04. The summed E-state index contributed by atoms with van der Waals surface area (Å²) in [6.07, 6.45) is 2.71. The van der Waals surface area contributed by atoms with Crippen LogP contribution in [-0.4, -0.2) is 16.0 Å². The zero-order chi connectivity index (χ0) is 14.5. The Morgan fingerprint density at radius 2 is 2.05 bits per heavy atom. The van der Waals surface area contributed by atoms with Crippen LogP contribution in [0, 0.1) is 0 Å². The average Bonchev–Trinajstić information content (AvgIpc) is 2.47. The molecule has 1 amide bonds. The van der Waals surface area contributed by atoms with Crippen LogP contribution < -0.4 is 11.1 Å². The van der Waals surface area contributed by atoms with Crippen molar-refractivity contribution in [3.05, 3.63) is 59.4 Å². The summed E-state index contributed by atoms with van der Waals surface area (Å²) in [4.78, 5) is 15.8. The van der Waals surface area contributed by atoms with Gasteiger partial charge in [0.05, 0.1) is 17.8 Å². The van der Waals surface area contributed by atoms with Crippen molar-refractivity contribution in [2.45, 2.75) is 19.5 Å². The van der Waals surface area contributed by atoms with E-state index in [0.29, 0.717) is 6.54 Å². The Morgan fingerprint density at radius 1 is 1.35 bits per heavy atom. The molecule has 0 bridgehead atoms. The van der Waals surface area contributed by atoms with Crippen LogP contribution in [0.2, 0.25) is 0 Å². The summed E-state index contributed by atoms with van der Waals surface area (Å²) >= 11 is 0. The third kappa shape index (κ3) is 3.13. The molecule has 1 aromatic carbocycles. The fourth-order valence-electron chi connectivity index (χ4n) is 1.88. The van der Waals surface area contributed by atoms with Gasteiger partial charge in [0, 0.05) is 12.7 Å². The summed E-state index contributed by atoms with van der Waals surface area (Å²) in [7, 11) is 0. The van der Waals surface area contributed by atoms with Crippen molar-refractivity contribution < 1.29 is 9.90 Å². The van der Waals surface area contributed by atoms with E-state index in [9.17, 15) is 9.90 Å². The Morgan fingerprint density at radius 3 is 2.65 bits per heavy atom. The highest BCUT2D eigenvalue weighted by Gasteiger charge is 2.14. The van der Waals surface area contributed by atoms with Crippen molar-refractivity contribution in [2.24, 2.45) is 5.73 Å². The molecule has 0 radical (unpaired) electrons. The molecule has 0 aliphatic carbocycles. The lowest BCUT2D eigenvalue weighted by atomic mass is 10.1. The monoisotopic (exact) mass is 271 g/mol. The average molecular weight is 271 g/mol. The number of aromatic nitrogens is 1. The van der Waals surface area contributed by atoms with Crippen molar-refractivity contribution in [2.75, 3.05) is 0 Å². The van der Waals surface area contributed by atoms with Crippen LogP contribution in [0.4, 0.5) is 0 Å². The van der Waals surface area contributed by atoms with Gasteiger partial charge in [0.15, 0.2) is 0 Å². The summed E-state index contributed by atoms with van der Waals surface area (Å²) in [6.45, 7) is 2.37. The van der Waals surface area contributed by atoms with Crippen LogP contribution in [0.1, 0.15) is 34.5 Å². The largest absolute Gasteiger partial charge is 0.505 e. The molecular formula is C15H17N3O2. The van der Waals surface area contributed by atoms with E-state index in [-0.39, 0.29) is 23.3 Å². The second kappa shape index (κ2) is 6.16. The van der Waals surface area contributed by atoms with E-state index in [1.54, 1.807) is 0 Å². The van der Waals surface area contributed by atoms with Crippen LogP contribution >= 0.6 is 0 Å². The molecule has 1 atom stereocenters. The van der Waals surface area contributed by atoms with Crippen molar-refractivity contribution in [3.63, 3.8) is 0 Å². The van der Waals surface area contributed by atoms with E-state index in [4.69, 9.17) is 5.73 Å². The Kier molecular flexibility index (Phi) is 4.32. The van der Waals surface area contributed by atoms with E-state index < -0.39 is 0 Å². The lowest BCUT2D eigenvalue weighted by molar-refractivity contribution is 0.0937. The van der Waals surface area contributed by atoms with Gasteiger partial charge in [-0.2, -0.15) is 0 Å². The number of nitrogens with zero attached hydrogens (tertiary/aromatic N) is 1. The van der Waals surface area contributed by atoms with Gasteiger partial charge >= 0.3 is 0 Å². The number of hydrogen-bond acceptors (Lipinski definition) is 4. The lowest BCUT2D eigenvalue weighted by Crippen LogP contribution is -2.26. The standard InChI is InChI=1S/C15H17N3O2/c1-10(12-4-2-11(8-16)3-5-12)18-15(20)13-6-7-17-9-14(13)19/h2-7,9-10,19H,8,16H2,1H3,(H,18,20). The number of nitrogens with two attached hydrogens (primary N) is 1. The fourth-order valence-corrected chi connectivity index (χ4v) is 1.88. The molecule has 2 aromatic rings. The maximum Gasteiger partial charge on any atom is 0.255 e. The molecular weight excluding hydrogens is 254 g/mol. The first-order valence-corrected chi connectivity index (χ1v) is 6.34. The van der Waals surface area contributed by atoms with Crippen molar-refractivity contribution in [3.8, 4) is 5.75 Å². The third-order valence-corrected chi connectivity index (χ3v) is 3.11. The molecule has 1 aromatic heterocycles. The zero-order valence-electron chi connectivity index (χ0n) is 11.2. The maximum absolute atomic E-state index is 12.1. The Balaban J connectivity index is 2.09. The molecule has 0 aliphatic rings. The quantitative estimate of drug-likeness (QED) is 0.790. The van der Waals surface area contributed by atoms with Gasteiger partial charge in [-0.1, -0.05) is 24.3 Å². The van der Waals surface area contributed by atoms with E-state index in [1.807, 2.05) is 31.2 Å². The minimum Gasteiger partial charge on any atom is -0.505 e. The number of pyridine rings is 1. The van der Waals surface area contributed by atoms with Crippen LogP contribution in [-0.2, 0) is 6.54 Å². The summed E-state index contributed by atoms with van der Waals surface area (Å²) < 4.78 is 0. The predicted octanol–water partition coefficient (Wildman–Crippen LogP) is 1.74. The molecule has 5 heteroatoms. The summed E-state index contributed by atoms with van der Waals surface area (Å²) in [5.74, 6) is -0.462. The minimum absolute atomic E-state index is 0.129. The normalized spacial score (nSPS) is 11.9. The van der Waals surface area contributed by atoms with Crippen molar-refractivity contribution in [1.82, 2.24) is 10.3 Å². The molecule has 1 heterocycles. The molecule has 0 aliphatic heterocycles. The van der Waals surface area contributed by atoms with Gasteiger partial charge in [-0.3, -0.25) is 9.78 Å². The van der Waals surface area contributed by atoms with Crippen LogP contribution in [0.15, 0.2) is 42.7 Å². The molecule has 0 spiro atoms. The van der Waals surface area contributed by atoms with Gasteiger partial charge in [0.25, 0.3) is 5.91 Å². The van der Waals surface area contributed by atoms with Crippen LogP contribution in [0.3, 0.4) is 0 Å². The number of amides is 1. The molecule has 20 heavy (non-hydrogen) atoms. The number of rotatable bonds is 4. The van der Waals surface area contributed by atoms with Crippen molar-refractivity contribution >= 4 is 5.91 Å². The molecule has 4 N–H and O–H groups in total. The molecule has 2 rings (SSSR count). The molecule has 0 saturated heterocycles. The highest BCUT2D eigenvalue weighted by atomic mass is 16.3. The molecule has 104 valence electrons. The number of carbonyl (C=O) groups excluding carboxylic acids is 1. The van der Waals surface area contributed by atoms with E-state index in [1.165, 1.54) is 18.5 Å². The first-order chi connectivity index (χ1) is 9.61. The molecule has 0 fully saturated rings. The predicted molar refractivity (Wildman–Crippen MR) is 76.1 cm³/mol. The van der Waals surface area contributed by atoms with E-state index >= 15 is 0 Å². The topological polar surface area (TPSA) is 88.2 Å². The Hall–Kier alpha value is -2.40. The first-order valence-electron chi connectivity index (χ1n) is 6.34. The second-order valence-corrected chi connectivity index (χ2v) is 4.53. The number of aromatic hydroxyl groups is 1. The minimum atomic E-state index is -0.333. The Bertz CT molecular complexity index is 596. The molecule has 0 saturated carbocycles. The van der Waals surface area contributed by atoms with Gasteiger partial charge in [-0.25, -0.2) is 0 Å². The highest BCUT2D eigenvalue weighted by Crippen LogP contribution is 2.17. The third-order valence-electron chi connectivity index (χ3n) is 3.11. The maximum atomic E-state index is 12.1. The van der Waals surface area contributed by atoms with Gasteiger partial charge in [0.1, 0.15) is 5.75 Å². The molecule has 5 nitrogen and oxygen atoms in total. The smallest absolute Gasteiger partial charge is 0.255 e. The van der Waals surface area contributed by atoms with Crippen molar-refractivity contribution in [1.29, 1.82) is 0 Å². The van der Waals surface area contributed by atoms with Gasteiger partial charge < -0.3 is 16.2 Å². The number of nitrogens with one attached hydrogen (secondary N) is 1. The summed E-state index contributed by atoms with van der Waals surface area (Å²) in [5, 5.41) is 12.4. The first kappa shape index (κ1) is 14.0.